The van der Waals surface area contributed by atoms with Crippen LogP contribution in [0.25, 0.3) is 0 Å². The molecular weight excluding hydrogens is 200 g/mol. The van der Waals surface area contributed by atoms with Crippen LogP contribution in [0.4, 0.5) is 0 Å². The maximum atomic E-state index is 11.1. The molecule has 3 heteroatoms. The first-order valence-electron chi connectivity index (χ1n) is 5.87. The zero-order chi connectivity index (χ0) is 11.4. The number of amides is 1. The number of rotatable bonds is 4. The first-order valence-corrected chi connectivity index (χ1v) is 5.87. The molecule has 0 spiro atoms. The third-order valence-electron chi connectivity index (χ3n) is 3.02. The fourth-order valence-electron chi connectivity index (χ4n) is 2.14. The van der Waals surface area contributed by atoms with Gasteiger partial charge in [-0.3, -0.25) is 4.79 Å². The van der Waals surface area contributed by atoms with Crippen LogP contribution in [0.3, 0.4) is 0 Å². The lowest BCUT2D eigenvalue weighted by Crippen LogP contribution is -2.34. The fraction of sp³-hybridized carbons (Fsp3) is 0.462. The van der Waals surface area contributed by atoms with Crippen LogP contribution in [0.15, 0.2) is 30.3 Å². The van der Waals surface area contributed by atoms with Crippen molar-refractivity contribution in [2.24, 2.45) is 0 Å². The molecule has 0 aliphatic carbocycles. The summed E-state index contributed by atoms with van der Waals surface area (Å²) in [4.78, 5) is 11.1. The summed E-state index contributed by atoms with van der Waals surface area (Å²) in [6.45, 7) is 2.91. The van der Waals surface area contributed by atoms with Gasteiger partial charge in [-0.2, -0.15) is 0 Å². The molecule has 3 nitrogen and oxygen atoms in total. The number of hydrogen-bond acceptors (Lipinski definition) is 2. The summed E-state index contributed by atoms with van der Waals surface area (Å²) in [5, 5.41) is 6.38. The van der Waals surface area contributed by atoms with Crippen molar-refractivity contribution in [1.29, 1.82) is 0 Å². The van der Waals surface area contributed by atoms with Gasteiger partial charge in [0, 0.05) is 25.0 Å². The topological polar surface area (TPSA) is 41.1 Å². The third-order valence-corrected chi connectivity index (χ3v) is 3.02. The Hall–Kier alpha value is -1.35. The Morgan fingerprint density at radius 2 is 2.19 bits per heavy atom. The minimum absolute atomic E-state index is 0.153. The number of carbonyl (C=O) groups is 1. The van der Waals surface area contributed by atoms with E-state index < -0.39 is 0 Å². The molecule has 0 bridgehead atoms. The van der Waals surface area contributed by atoms with Crippen molar-refractivity contribution >= 4 is 5.91 Å². The Kier molecular flexibility index (Phi) is 3.57. The second-order valence-corrected chi connectivity index (χ2v) is 4.24. The average molecular weight is 218 g/mol. The molecule has 1 amide bonds. The van der Waals surface area contributed by atoms with E-state index in [1.807, 2.05) is 6.07 Å². The molecule has 1 heterocycles. The van der Waals surface area contributed by atoms with E-state index in [2.05, 4.69) is 41.8 Å². The van der Waals surface area contributed by atoms with Crippen molar-refractivity contribution < 1.29 is 4.79 Å². The summed E-state index contributed by atoms with van der Waals surface area (Å²) >= 11 is 0. The molecular formula is C13H18N2O. The predicted molar refractivity (Wildman–Crippen MR) is 64.0 cm³/mol. The van der Waals surface area contributed by atoms with E-state index in [9.17, 15) is 4.79 Å². The highest BCUT2D eigenvalue weighted by Crippen LogP contribution is 2.17. The highest BCUT2D eigenvalue weighted by Gasteiger charge is 2.23. The van der Waals surface area contributed by atoms with Crippen molar-refractivity contribution in [2.75, 3.05) is 6.54 Å². The minimum atomic E-state index is 0.153. The molecule has 0 saturated carbocycles. The number of nitrogens with one attached hydrogen (secondary N) is 2. The number of hydrogen-bond donors (Lipinski definition) is 2. The van der Waals surface area contributed by atoms with Crippen molar-refractivity contribution in [3.63, 3.8) is 0 Å². The molecule has 16 heavy (non-hydrogen) atoms. The van der Waals surface area contributed by atoms with Gasteiger partial charge in [-0.25, -0.2) is 0 Å². The van der Waals surface area contributed by atoms with Gasteiger partial charge in [0.05, 0.1) is 0 Å². The standard InChI is InChI=1S/C13H18N2O/c1-2-12(10-6-4-3-5-7-10)15-11-8-13(16)14-9-11/h3-7,11-12,15H,2,8-9H2,1H3,(H,14,16). The van der Waals surface area contributed by atoms with Crippen LogP contribution in [0.5, 0.6) is 0 Å². The van der Waals surface area contributed by atoms with Gasteiger partial charge >= 0.3 is 0 Å². The van der Waals surface area contributed by atoms with Crippen molar-refractivity contribution in [1.82, 2.24) is 10.6 Å². The van der Waals surface area contributed by atoms with Crippen molar-refractivity contribution in [3.05, 3.63) is 35.9 Å². The summed E-state index contributed by atoms with van der Waals surface area (Å²) in [6.07, 6.45) is 1.64. The van der Waals surface area contributed by atoms with E-state index in [0.717, 1.165) is 13.0 Å². The summed E-state index contributed by atoms with van der Waals surface area (Å²) in [5.74, 6) is 0.153. The van der Waals surface area contributed by atoms with Crippen molar-refractivity contribution in [3.8, 4) is 0 Å². The van der Waals surface area contributed by atoms with E-state index in [4.69, 9.17) is 0 Å². The predicted octanol–water partition coefficient (Wildman–Crippen LogP) is 1.62. The Morgan fingerprint density at radius 3 is 2.75 bits per heavy atom. The van der Waals surface area contributed by atoms with Crippen LogP contribution < -0.4 is 10.6 Å². The van der Waals surface area contributed by atoms with E-state index in [1.165, 1.54) is 5.56 Å². The maximum Gasteiger partial charge on any atom is 0.221 e. The molecule has 1 saturated heterocycles. The van der Waals surface area contributed by atoms with Gasteiger partial charge in [0.2, 0.25) is 5.91 Å². The van der Waals surface area contributed by atoms with Crippen LogP contribution in [0, 0.1) is 0 Å². The highest BCUT2D eigenvalue weighted by molar-refractivity contribution is 5.78. The molecule has 86 valence electrons. The lowest BCUT2D eigenvalue weighted by atomic mass is 10.0. The van der Waals surface area contributed by atoms with Crippen molar-refractivity contribution in [2.45, 2.75) is 31.8 Å². The molecule has 1 fully saturated rings. The molecule has 1 aromatic carbocycles. The van der Waals surface area contributed by atoms with Gasteiger partial charge in [0.15, 0.2) is 0 Å². The normalized spacial score (nSPS) is 21.8. The van der Waals surface area contributed by atoms with Gasteiger partial charge in [-0.05, 0) is 12.0 Å². The maximum absolute atomic E-state index is 11.1. The summed E-state index contributed by atoms with van der Waals surface area (Å²) < 4.78 is 0. The quantitative estimate of drug-likeness (QED) is 0.806. The lowest BCUT2D eigenvalue weighted by Gasteiger charge is -2.21. The van der Waals surface area contributed by atoms with E-state index in [0.29, 0.717) is 12.5 Å². The Labute approximate surface area is 96.2 Å². The average Bonchev–Trinajstić information content (AvgIpc) is 2.73. The van der Waals surface area contributed by atoms with Gasteiger partial charge < -0.3 is 10.6 Å². The third kappa shape index (κ3) is 2.61. The van der Waals surface area contributed by atoms with Gasteiger partial charge in [0.1, 0.15) is 0 Å². The Morgan fingerprint density at radius 1 is 1.44 bits per heavy atom. The first kappa shape index (κ1) is 11.1. The van der Waals surface area contributed by atoms with E-state index >= 15 is 0 Å². The summed E-state index contributed by atoms with van der Waals surface area (Å²) in [6, 6.07) is 11.0. The second kappa shape index (κ2) is 5.12. The largest absolute Gasteiger partial charge is 0.354 e. The molecule has 1 aliphatic heterocycles. The Bertz CT molecular complexity index is 350. The Balaban J connectivity index is 1.98. The van der Waals surface area contributed by atoms with E-state index in [1.54, 1.807) is 0 Å². The zero-order valence-electron chi connectivity index (χ0n) is 9.57. The smallest absolute Gasteiger partial charge is 0.221 e. The molecule has 1 aliphatic rings. The minimum Gasteiger partial charge on any atom is -0.354 e. The molecule has 0 radical (unpaired) electrons. The van der Waals surface area contributed by atoms with Crippen LogP contribution in [-0.2, 0) is 4.79 Å². The summed E-state index contributed by atoms with van der Waals surface area (Å²) in [5.41, 5.74) is 1.30. The highest BCUT2D eigenvalue weighted by atomic mass is 16.1. The van der Waals surface area contributed by atoms with Gasteiger partial charge in [-0.1, -0.05) is 37.3 Å². The summed E-state index contributed by atoms with van der Waals surface area (Å²) in [7, 11) is 0. The first-order chi connectivity index (χ1) is 7.79. The van der Waals surface area contributed by atoms with Crippen LogP contribution in [0.2, 0.25) is 0 Å². The number of carbonyl (C=O) groups excluding carboxylic acids is 1. The van der Waals surface area contributed by atoms with Gasteiger partial charge in [0.25, 0.3) is 0 Å². The molecule has 2 atom stereocenters. The second-order valence-electron chi connectivity index (χ2n) is 4.24. The number of benzene rings is 1. The molecule has 1 aromatic rings. The lowest BCUT2D eigenvalue weighted by molar-refractivity contribution is -0.119. The van der Waals surface area contributed by atoms with Crippen LogP contribution >= 0.6 is 0 Å². The monoisotopic (exact) mass is 218 g/mol. The molecule has 2 unspecified atom stereocenters. The molecule has 2 N–H and O–H groups in total. The molecule has 2 rings (SSSR count). The fourth-order valence-corrected chi connectivity index (χ4v) is 2.14. The zero-order valence-corrected chi connectivity index (χ0v) is 9.57. The SMILES string of the molecule is CCC(NC1CNC(=O)C1)c1ccccc1. The van der Waals surface area contributed by atoms with E-state index in [-0.39, 0.29) is 11.9 Å². The van der Waals surface area contributed by atoms with Crippen LogP contribution in [-0.4, -0.2) is 18.5 Å². The van der Waals surface area contributed by atoms with Gasteiger partial charge in [-0.15, -0.1) is 0 Å². The molecule has 0 aromatic heterocycles. The van der Waals surface area contributed by atoms with Crippen LogP contribution in [0.1, 0.15) is 31.4 Å².